The molecule has 0 radical (unpaired) electrons. The van der Waals surface area contributed by atoms with Crippen LogP contribution in [0, 0.1) is 6.92 Å². The predicted octanol–water partition coefficient (Wildman–Crippen LogP) is 3.06. The normalized spacial score (nSPS) is 11.2. The Hall–Kier alpha value is -3.00. The van der Waals surface area contributed by atoms with E-state index in [-0.39, 0.29) is 4.90 Å². The van der Waals surface area contributed by atoms with Gasteiger partial charge in [-0.15, -0.1) is 0 Å². The molecule has 2 aromatic carbocycles. The van der Waals surface area contributed by atoms with Gasteiger partial charge in [-0.25, -0.2) is 8.42 Å². The van der Waals surface area contributed by atoms with E-state index in [0.29, 0.717) is 29.4 Å². The van der Waals surface area contributed by atoms with Crippen LogP contribution in [0.1, 0.15) is 11.3 Å². The van der Waals surface area contributed by atoms with Gasteiger partial charge in [0.05, 0.1) is 32.1 Å². The van der Waals surface area contributed by atoms with Crippen molar-refractivity contribution in [3.05, 3.63) is 66.0 Å². The molecule has 0 aliphatic carbocycles. The molecule has 3 rings (SSSR count). The van der Waals surface area contributed by atoms with Crippen LogP contribution < -0.4 is 14.2 Å². The van der Waals surface area contributed by atoms with Gasteiger partial charge in [-0.05, 0) is 24.6 Å². The first-order valence-electron chi connectivity index (χ1n) is 8.26. The lowest BCUT2D eigenvalue weighted by atomic mass is 10.2. The van der Waals surface area contributed by atoms with E-state index in [1.54, 1.807) is 29.8 Å². The third kappa shape index (κ3) is 4.22. The average Bonchev–Trinajstić information content (AvgIpc) is 3.03. The lowest BCUT2D eigenvalue weighted by Gasteiger charge is -2.12. The highest BCUT2D eigenvalue weighted by Gasteiger charge is 2.22. The Labute approximate surface area is 158 Å². The molecule has 142 valence electrons. The van der Waals surface area contributed by atoms with Gasteiger partial charge in [0.2, 0.25) is 0 Å². The topological polar surface area (TPSA) is 82.5 Å². The summed E-state index contributed by atoms with van der Waals surface area (Å²) in [6, 6.07) is 14.6. The van der Waals surface area contributed by atoms with Crippen molar-refractivity contribution in [1.29, 1.82) is 0 Å². The zero-order valence-electron chi connectivity index (χ0n) is 15.3. The fourth-order valence-corrected chi connectivity index (χ4v) is 3.96. The quantitative estimate of drug-likeness (QED) is 0.674. The Kier molecular flexibility index (Phi) is 5.36. The Morgan fingerprint density at radius 3 is 2.48 bits per heavy atom. The first-order valence-corrected chi connectivity index (χ1v) is 9.74. The highest BCUT2D eigenvalue weighted by atomic mass is 32.2. The maximum absolute atomic E-state index is 12.9. The van der Waals surface area contributed by atoms with E-state index in [1.165, 1.54) is 20.4 Å². The summed E-state index contributed by atoms with van der Waals surface area (Å²) in [5.74, 6) is 0.939. The highest BCUT2D eigenvalue weighted by molar-refractivity contribution is 7.92. The number of ether oxygens (including phenoxy) is 2. The predicted molar refractivity (Wildman–Crippen MR) is 103 cm³/mol. The maximum atomic E-state index is 12.9. The van der Waals surface area contributed by atoms with Gasteiger partial charge in [0, 0.05) is 12.3 Å². The van der Waals surface area contributed by atoms with Crippen LogP contribution in [0.15, 0.2) is 59.6 Å². The summed E-state index contributed by atoms with van der Waals surface area (Å²) in [5.41, 5.74) is 1.79. The molecule has 1 N–H and O–H groups in total. The second-order valence-corrected chi connectivity index (χ2v) is 7.58. The van der Waals surface area contributed by atoms with Gasteiger partial charge in [-0.2, -0.15) is 5.10 Å². The van der Waals surface area contributed by atoms with Gasteiger partial charge >= 0.3 is 0 Å². The Balaban J connectivity index is 1.87. The van der Waals surface area contributed by atoms with Gasteiger partial charge in [0.1, 0.15) is 16.4 Å². The lowest BCUT2D eigenvalue weighted by Crippen LogP contribution is -2.14. The van der Waals surface area contributed by atoms with Crippen molar-refractivity contribution in [2.75, 3.05) is 18.9 Å². The fraction of sp³-hybridized carbons (Fsp3) is 0.211. The molecule has 0 aliphatic heterocycles. The minimum absolute atomic E-state index is 0.122. The Bertz CT molecular complexity index is 1030. The molecule has 1 aromatic heterocycles. The molecule has 0 unspecified atom stereocenters. The summed E-state index contributed by atoms with van der Waals surface area (Å²) < 4.78 is 40.3. The minimum Gasteiger partial charge on any atom is -0.497 e. The molecule has 1 heterocycles. The third-order valence-corrected chi connectivity index (χ3v) is 5.50. The zero-order valence-corrected chi connectivity index (χ0v) is 16.2. The van der Waals surface area contributed by atoms with Crippen LogP contribution >= 0.6 is 0 Å². The summed E-state index contributed by atoms with van der Waals surface area (Å²) in [4.78, 5) is 0.122. The molecule has 0 saturated carbocycles. The number of rotatable bonds is 7. The monoisotopic (exact) mass is 387 g/mol. The van der Waals surface area contributed by atoms with Crippen LogP contribution in [0.2, 0.25) is 0 Å². The number of aromatic nitrogens is 2. The molecule has 0 spiro atoms. The summed E-state index contributed by atoms with van der Waals surface area (Å²) >= 11 is 0. The number of hydrogen-bond acceptors (Lipinski definition) is 5. The number of anilines is 1. The van der Waals surface area contributed by atoms with Crippen molar-refractivity contribution >= 4 is 15.7 Å². The number of methoxy groups -OCH3 is 2. The summed E-state index contributed by atoms with van der Waals surface area (Å²) in [7, 11) is -0.823. The number of nitrogens with one attached hydrogen (secondary N) is 1. The van der Waals surface area contributed by atoms with Crippen LogP contribution in [-0.4, -0.2) is 32.4 Å². The van der Waals surface area contributed by atoms with E-state index in [0.717, 1.165) is 5.56 Å². The molecule has 0 fully saturated rings. The molecule has 27 heavy (non-hydrogen) atoms. The molecule has 7 nitrogen and oxygen atoms in total. The smallest absolute Gasteiger partial charge is 0.265 e. The van der Waals surface area contributed by atoms with Gasteiger partial charge in [-0.1, -0.05) is 30.3 Å². The van der Waals surface area contributed by atoms with Gasteiger partial charge < -0.3 is 9.47 Å². The number of sulfonamides is 1. The fourth-order valence-electron chi connectivity index (χ4n) is 2.70. The van der Waals surface area contributed by atoms with E-state index in [9.17, 15) is 8.42 Å². The highest BCUT2D eigenvalue weighted by Crippen LogP contribution is 2.31. The second-order valence-electron chi connectivity index (χ2n) is 5.93. The number of aryl methyl sites for hydroxylation is 1. The van der Waals surface area contributed by atoms with Crippen LogP contribution in [0.5, 0.6) is 11.5 Å². The van der Waals surface area contributed by atoms with E-state index >= 15 is 0 Å². The number of hydrogen-bond donors (Lipinski definition) is 1. The second kappa shape index (κ2) is 7.71. The van der Waals surface area contributed by atoms with Crippen molar-refractivity contribution < 1.29 is 17.9 Å². The largest absolute Gasteiger partial charge is 0.497 e. The molecule has 3 aromatic rings. The first-order chi connectivity index (χ1) is 12.9. The third-order valence-electron chi connectivity index (χ3n) is 4.03. The van der Waals surface area contributed by atoms with Gasteiger partial charge in [0.25, 0.3) is 10.0 Å². The Morgan fingerprint density at radius 2 is 1.81 bits per heavy atom. The van der Waals surface area contributed by atoms with Gasteiger partial charge in [0.15, 0.2) is 0 Å². The lowest BCUT2D eigenvalue weighted by molar-refractivity contribution is 0.395. The van der Waals surface area contributed by atoms with Crippen LogP contribution in [0.25, 0.3) is 0 Å². The first kappa shape index (κ1) is 18.8. The maximum Gasteiger partial charge on any atom is 0.265 e. The van der Waals surface area contributed by atoms with Crippen molar-refractivity contribution in [2.45, 2.75) is 18.4 Å². The summed E-state index contributed by atoms with van der Waals surface area (Å²) in [5, 5.41) is 4.33. The van der Waals surface area contributed by atoms with Gasteiger partial charge in [-0.3, -0.25) is 9.40 Å². The Morgan fingerprint density at radius 1 is 1.07 bits per heavy atom. The summed E-state index contributed by atoms with van der Waals surface area (Å²) in [6.45, 7) is 2.16. The molecular formula is C19H21N3O4S. The number of benzene rings is 2. The number of nitrogens with zero attached hydrogens (tertiary/aromatic N) is 2. The molecule has 0 atom stereocenters. The SMILES string of the molecule is COc1ccc(NS(=O)(=O)c2cn(Cc3ccccc3)nc2C)c(OC)c1. The molecule has 0 bridgehead atoms. The van der Waals surface area contributed by atoms with Crippen molar-refractivity contribution in [3.63, 3.8) is 0 Å². The van der Waals surface area contributed by atoms with Crippen molar-refractivity contribution in [1.82, 2.24) is 9.78 Å². The standard InChI is InChI=1S/C19H21N3O4S/c1-14-19(13-22(20-14)12-15-7-5-4-6-8-15)27(23,24)21-17-10-9-16(25-2)11-18(17)26-3/h4-11,13,21H,12H2,1-3H3. The van der Waals surface area contributed by atoms with E-state index in [2.05, 4.69) is 9.82 Å². The molecule has 0 amide bonds. The van der Waals surface area contributed by atoms with E-state index < -0.39 is 10.0 Å². The minimum atomic E-state index is -3.82. The van der Waals surface area contributed by atoms with Crippen molar-refractivity contribution in [3.8, 4) is 11.5 Å². The molecule has 0 saturated heterocycles. The zero-order chi connectivity index (χ0) is 19.4. The van der Waals surface area contributed by atoms with Crippen LogP contribution in [0.3, 0.4) is 0 Å². The van der Waals surface area contributed by atoms with E-state index in [4.69, 9.17) is 9.47 Å². The van der Waals surface area contributed by atoms with E-state index in [1.807, 2.05) is 30.3 Å². The molecular weight excluding hydrogens is 366 g/mol. The molecule has 8 heteroatoms. The molecule has 0 aliphatic rings. The van der Waals surface area contributed by atoms with Crippen molar-refractivity contribution in [2.24, 2.45) is 0 Å². The van der Waals surface area contributed by atoms with Crippen LogP contribution in [-0.2, 0) is 16.6 Å². The average molecular weight is 387 g/mol. The summed E-state index contributed by atoms with van der Waals surface area (Å²) in [6.07, 6.45) is 1.53. The van der Waals surface area contributed by atoms with Crippen LogP contribution in [0.4, 0.5) is 5.69 Å².